The molecule has 0 aliphatic carbocycles. The Labute approximate surface area is 100 Å². The zero-order chi connectivity index (χ0) is 13.0. The largest absolute Gasteiger partial charge is 0.313 e. The lowest BCUT2D eigenvalue weighted by Crippen LogP contribution is -2.26. The number of hydrogen-bond donors (Lipinski definition) is 1. The van der Waals surface area contributed by atoms with E-state index >= 15 is 0 Å². The first-order chi connectivity index (χ1) is 8.04. The predicted molar refractivity (Wildman–Crippen MR) is 62.2 cm³/mol. The summed E-state index contributed by atoms with van der Waals surface area (Å²) in [5.41, 5.74) is -0.0670. The van der Waals surface area contributed by atoms with E-state index in [4.69, 9.17) is 0 Å². The Morgan fingerprint density at radius 2 is 1.53 bits per heavy atom. The summed E-state index contributed by atoms with van der Waals surface area (Å²) >= 11 is 0. The van der Waals surface area contributed by atoms with Gasteiger partial charge < -0.3 is 5.32 Å². The van der Waals surface area contributed by atoms with E-state index < -0.39 is 23.5 Å². The first kappa shape index (κ1) is 14.0. The van der Waals surface area contributed by atoms with Crippen molar-refractivity contribution in [3.8, 4) is 0 Å². The number of halogens is 3. The van der Waals surface area contributed by atoms with Crippen LogP contribution in [0.5, 0.6) is 0 Å². The van der Waals surface area contributed by atoms with Crippen molar-refractivity contribution in [1.82, 2.24) is 5.32 Å². The van der Waals surface area contributed by atoms with E-state index in [2.05, 4.69) is 5.32 Å². The third kappa shape index (κ3) is 3.00. The highest BCUT2D eigenvalue weighted by atomic mass is 19.1. The number of nitrogens with one attached hydrogen (secondary N) is 1. The summed E-state index contributed by atoms with van der Waals surface area (Å²) in [5, 5.41) is 2.92. The van der Waals surface area contributed by atoms with Gasteiger partial charge in [-0.1, -0.05) is 26.7 Å². The highest BCUT2D eigenvalue weighted by Crippen LogP contribution is 2.31. The maximum absolute atomic E-state index is 13.7. The number of rotatable bonds is 5. The Kier molecular flexibility index (Phi) is 5.00. The van der Waals surface area contributed by atoms with Crippen molar-refractivity contribution in [2.75, 3.05) is 7.05 Å². The van der Waals surface area contributed by atoms with E-state index in [1.807, 2.05) is 13.8 Å². The second-order valence-electron chi connectivity index (χ2n) is 4.13. The topological polar surface area (TPSA) is 12.0 Å². The summed E-state index contributed by atoms with van der Waals surface area (Å²) in [4.78, 5) is 0. The van der Waals surface area contributed by atoms with Gasteiger partial charge in [-0.15, -0.1) is 0 Å². The lowest BCUT2D eigenvalue weighted by atomic mass is 9.88. The molecule has 0 amide bonds. The van der Waals surface area contributed by atoms with Crippen LogP contribution in [0.15, 0.2) is 12.1 Å². The van der Waals surface area contributed by atoms with Crippen molar-refractivity contribution < 1.29 is 13.2 Å². The highest BCUT2D eigenvalue weighted by molar-refractivity contribution is 5.25. The van der Waals surface area contributed by atoms with Gasteiger partial charge in [-0.05, 0) is 13.0 Å². The molecular formula is C13H18F3N. The average Bonchev–Trinajstić information content (AvgIpc) is 2.27. The smallest absolute Gasteiger partial charge is 0.133 e. The van der Waals surface area contributed by atoms with E-state index in [-0.39, 0.29) is 11.5 Å². The molecule has 0 aliphatic heterocycles. The monoisotopic (exact) mass is 245 g/mol. The van der Waals surface area contributed by atoms with Gasteiger partial charge in [-0.2, -0.15) is 0 Å². The van der Waals surface area contributed by atoms with Gasteiger partial charge in [0.05, 0.1) is 0 Å². The van der Waals surface area contributed by atoms with Crippen LogP contribution in [0, 0.1) is 23.4 Å². The van der Waals surface area contributed by atoms with E-state index in [1.54, 1.807) is 7.05 Å². The maximum Gasteiger partial charge on any atom is 0.133 e. The Morgan fingerprint density at radius 3 is 1.88 bits per heavy atom. The van der Waals surface area contributed by atoms with Gasteiger partial charge in [0.25, 0.3) is 0 Å². The molecule has 1 aromatic carbocycles. The molecule has 0 spiro atoms. The van der Waals surface area contributed by atoms with Crippen molar-refractivity contribution in [3.05, 3.63) is 35.1 Å². The first-order valence-electron chi connectivity index (χ1n) is 5.86. The molecule has 17 heavy (non-hydrogen) atoms. The van der Waals surface area contributed by atoms with Crippen LogP contribution in [-0.4, -0.2) is 7.05 Å². The van der Waals surface area contributed by atoms with Crippen LogP contribution in [0.4, 0.5) is 13.2 Å². The summed E-state index contributed by atoms with van der Waals surface area (Å²) in [6.07, 6.45) is 1.61. The van der Waals surface area contributed by atoms with E-state index in [0.717, 1.165) is 25.0 Å². The van der Waals surface area contributed by atoms with Crippen molar-refractivity contribution in [3.63, 3.8) is 0 Å². The lowest BCUT2D eigenvalue weighted by Gasteiger charge is -2.26. The second kappa shape index (κ2) is 6.05. The maximum atomic E-state index is 13.7. The van der Waals surface area contributed by atoms with Crippen LogP contribution in [0.25, 0.3) is 0 Å². The zero-order valence-electron chi connectivity index (χ0n) is 10.4. The van der Waals surface area contributed by atoms with E-state index in [9.17, 15) is 13.2 Å². The van der Waals surface area contributed by atoms with Crippen LogP contribution in [0.1, 0.15) is 38.3 Å². The van der Waals surface area contributed by atoms with Gasteiger partial charge in [0.15, 0.2) is 0 Å². The molecule has 4 heteroatoms. The molecule has 1 rings (SSSR count). The van der Waals surface area contributed by atoms with Gasteiger partial charge in [0, 0.05) is 23.7 Å². The molecule has 0 heterocycles. The molecule has 0 bridgehead atoms. The molecule has 0 aromatic heterocycles. The fraction of sp³-hybridized carbons (Fsp3) is 0.538. The third-order valence-electron chi connectivity index (χ3n) is 3.19. The molecule has 1 unspecified atom stereocenters. The summed E-state index contributed by atoms with van der Waals surface area (Å²) in [6, 6.07) is 1.03. The summed E-state index contributed by atoms with van der Waals surface area (Å²) in [5.74, 6) is -2.42. The summed E-state index contributed by atoms with van der Waals surface area (Å²) in [6.45, 7) is 3.94. The summed E-state index contributed by atoms with van der Waals surface area (Å²) < 4.78 is 40.2. The van der Waals surface area contributed by atoms with Crippen molar-refractivity contribution in [2.45, 2.75) is 32.7 Å². The minimum absolute atomic E-state index is 0.0670. The minimum atomic E-state index is -0.886. The SMILES string of the molecule is CCC(CC)C(NC)c1c(F)cc(F)cc1F. The lowest BCUT2D eigenvalue weighted by molar-refractivity contribution is 0.337. The van der Waals surface area contributed by atoms with Crippen LogP contribution in [0.3, 0.4) is 0 Å². The Balaban J connectivity index is 3.20. The zero-order valence-corrected chi connectivity index (χ0v) is 10.4. The normalized spacial score (nSPS) is 13.1. The van der Waals surface area contributed by atoms with E-state index in [0.29, 0.717) is 0 Å². The molecule has 1 N–H and O–H groups in total. The average molecular weight is 245 g/mol. The fourth-order valence-electron chi connectivity index (χ4n) is 2.23. The van der Waals surface area contributed by atoms with Crippen LogP contribution in [-0.2, 0) is 0 Å². The Morgan fingerprint density at radius 1 is 1.06 bits per heavy atom. The molecule has 96 valence electrons. The molecule has 0 aliphatic rings. The van der Waals surface area contributed by atoms with Gasteiger partial charge >= 0.3 is 0 Å². The molecule has 1 atom stereocenters. The van der Waals surface area contributed by atoms with Crippen LogP contribution in [0.2, 0.25) is 0 Å². The second-order valence-corrected chi connectivity index (χ2v) is 4.13. The summed E-state index contributed by atoms with van der Waals surface area (Å²) in [7, 11) is 1.66. The van der Waals surface area contributed by atoms with E-state index in [1.165, 1.54) is 0 Å². The molecule has 0 radical (unpaired) electrons. The predicted octanol–water partition coefficient (Wildman–Crippen LogP) is 3.80. The molecule has 0 saturated heterocycles. The Bertz CT molecular complexity index is 352. The van der Waals surface area contributed by atoms with Crippen molar-refractivity contribution >= 4 is 0 Å². The van der Waals surface area contributed by atoms with Gasteiger partial charge in [0.1, 0.15) is 17.5 Å². The highest BCUT2D eigenvalue weighted by Gasteiger charge is 2.25. The standard InChI is InChI=1S/C13H18F3N/c1-4-8(5-2)13(17-3)12-10(15)6-9(14)7-11(12)16/h6-8,13,17H,4-5H2,1-3H3. The number of benzene rings is 1. The van der Waals surface area contributed by atoms with Crippen molar-refractivity contribution in [1.29, 1.82) is 0 Å². The molecule has 1 nitrogen and oxygen atoms in total. The molecule has 1 aromatic rings. The minimum Gasteiger partial charge on any atom is -0.313 e. The molecule has 0 fully saturated rings. The fourth-order valence-corrected chi connectivity index (χ4v) is 2.23. The molecule has 0 saturated carbocycles. The number of hydrogen-bond acceptors (Lipinski definition) is 1. The van der Waals surface area contributed by atoms with Crippen molar-refractivity contribution in [2.24, 2.45) is 5.92 Å². The third-order valence-corrected chi connectivity index (χ3v) is 3.19. The first-order valence-corrected chi connectivity index (χ1v) is 5.86. The molecular weight excluding hydrogens is 227 g/mol. The van der Waals surface area contributed by atoms with Crippen LogP contribution < -0.4 is 5.32 Å². The quantitative estimate of drug-likeness (QED) is 0.832. The van der Waals surface area contributed by atoms with Gasteiger partial charge in [-0.25, -0.2) is 13.2 Å². The van der Waals surface area contributed by atoms with Crippen LogP contribution >= 0.6 is 0 Å². The van der Waals surface area contributed by atoms with Gasteiger partial charge in [0.2, 0.25) is 0 Å². The van der Waals surface area contributed by atoms with Gasteiger partial charge in [-0.3, -0.25) is 0 Å². The Hall–Kier alpha value is -1.03.